The number of thiazole rings is 1. The van der Waals surface area contributed by atoms with E-state index in [4.69, 9.17) is 0 Å². The highest BCUT2D eigenvalue weighted by Crippen LogP contribution is 2.32. The molecule has 4 aromatic rings. The van der Waals surface area contributed by atoms with Gasteiger partial charge < -0.3 is 25.6 Å². The third-order valence-corrected chi connectivity index (χ3v) is 6.50. The summed E-state index contributed by atoms with van der Waals surface area (Å²) in [5.74, 6) is -0.315. The number of aromatic nitrogens is 1. The first-order valence-electron chi connectivity index (χ1n) is 10.9. The van der Waals surface area contributed by atoms with Crippen molar-refractivity contribution >= 4 is 21.6 Å². The second-order valence-corrected chi connectivity index (χ2v) is 8.98. The van der Waals surface area contributed by atoms with Crippen molar-refractivity contribution in [2.45, 2.75) is 31.8 Å². The van der Waals surface area contributed by atoms with Gasteiger partial charge in [0.2, 0.25) is 0 Å². The summed E-state index contributed by atoms with van der Waals surface area (Å²) in [6.07, 6.45) is -1.91. The molecule has 0 aliphatic heterocycles. The number of aromatic hydroxyl groups is 1. The highest BCUT2D eigenvalue weighted by Gasteiger charge is 2.22. The van der Waals surface area contributed by atoms with E-state index < -0.39 is 12.3 Å². The van der Waals surface area contributed by atoms with Crippen LogP contribution in [0.15, 0.2) is 65.5 Å². The van der Waals surface area contributed by atoms with Crippen molar-refractivity contribution < 1.29 is 19.7 Å². The molecule has 178 valence electrons. The van der Waals surface area contributed by atoms with Crippen LogP contribution in [-0.2, 0) is 19.5 Å². The molecule has 0 aliphatic rings. The smallest absolute Gasteiger partial charge is 0.305 e. The average Bonchev–Trinajstić information content (AvgIpc) is 3.23. The molecule has 1 heterocycles. The lowest BCUT2D eigenvalue weighted by Crippen LogP contribution is -2.36. The molecule has 0 bridgehead atoms. The maximum absolute atomic E-state index is 13.7. The van der Waals surface area contributed by atoms with Crippen molar-refractivity contribution in [1.82, 2.24) is 15.6 Å². The van der Waals surface area contributed by atoms with Gasteiger partial charge in [-0.25, -0.2) is 4.39 Å². The fraction of sp³-hybridized carbons (Fsp3) is 0.240. The molecule has 0 amide bonds. The number of fused-ring (bicyclic) bond motifs is 1. The van der Waals surface area contributed by atoms with Crippen LogP contribution in [0.4, 0.5) is 4.39 Å². The Morgan fingerprint density at radius 1 is 1.00 bits per heavy atom. The molecule has 0 aliphatic carbocycles. The van der Waals surface area contributed by atoms with E-state index in [1.807, 2.05) is 30.3 Å². The standard InChI is InChI=1S/C25H26FN3O4S/c26-19-7-2-1-6-17(19)14-27-13-16-5-3-4-15(12-16)10-11-28-24(32)22(31)18-8-9-20(30)21-23(18)34-25(33)29-21/h1-9,12,22,24,27-28,30-32H,10-11,13-14H2,(H,29,33). The lowest BCUT2D eigenvalue weighted by Gasteiger charge is -2.20. The Bertz CT molecular complexity index is 1320. The van der Waals surface area contributed by atoms with E-state index in [-0.39, 0.29) is 22.0 Å². The highest BCUT2D eigenvalue weighted by molar-refractivity contribution is 7.16. The number of hydrogen-bond acceptors (Lipinski definition) is 7. The van der Waals surface area contributed by atoms with Gasteiger partial charge in [-0.15, -0.1) is 0 Å². The van der Waals surface area contributed by atoms with E-state index in [0.717, 1.165) is 22.5 Å². The number of benzene rings is 3. The zero-order valence-electron chi connectivity index (χ0n) is 18.3. The monoisotopic (exact) mass is 483 g/mol. The second kappa shape index (κ2) is 10.9. The lowest BCUT2D eigenvalue weighted by molar-refractivity contribution is -0.00168. The first kappa shape index (κ1) is 24.1. The summed E-state index contributed by atoms with van der Waals surface area (Å²) in [6.45, 7) is 1.44. The van der Waals surface area contributed by atoms with Gasteiger partial charge >= 0.3 is 4.87 Å². The summed E-state index contributed by atoms with van der Waals surface area (Å²) in [5.41, 5.74) is 3.34. The topological polar surface area (TPSA) is 118 Å². The molecule has 7 nitrogen and oxygen atoms in total. The third kappa shape index (κ3) is 5.69. The Balaban J connectivity index is 1.30. The van der Waals surface area contributed by atoms with Crippen molar-refractivity contribution in [2.24, 2.45) is 0 Å². The maximum Gasteiger partial charge on any atom is 0.305 e. The van der Waals surface area contributed by atoms with Gasteiger partial charge in [0.05, 0.1) is 4.70 Å². The Labute approximate surface area is 199 Å². The quantitative estimate of drug-likeness (QED) is 0.193. The van der Waals surface area contributed by atoms with Crippen LogP contribution >= 0.6 is 11.3 Å². The van der Waals surface area contributed by atoms with Gasteiger partial charge in [0.1, 0.15) is 29.4 Å². The number of rotatable bonds is 10. The number of aliphatic hydroxyl groups is 2. The highest BCUT2D eigenvalue weighted by atomic mass is 32.1. The molecule has 2 unspecified atom stereocenters. The number of aliphatic hydroxyl groups excluding tert-OH is 2. The number of nitrogens with one attached hydrogen (secondary N) is 3. The Morgan fingerprint density at radius 3 is 2.62 bits per heavy atom. The van der Waals surface area contributed by atoms with Crippen molar-refractivity contribution in [2.75, 3.05) is 6.54 Å². The van der Waals surface area contributed by atoms with E-state index in [1.54, 1.807) is 12.1 Å². The molecule has 0 fully saturated rings. The van der Waals surface area contributed by atoms with Crippen LogP contribution in [0.3, 0.4) is 0 Å². The first-order chi connectivity index (χ1) is 16.4. The summed E-state index contributed by atoms with van der Waals surface area (Å²) < 4.78 is 14.1. The van der Waals surface area contributed by atoms with Gasteiger partial charge in [-0.05, 0) is 29.7 Å². The van der Waals surface area contributed by atoms with E-state index >= 15 is 0 Å². The van der Waals surface area contributed by atoms with Crippen LogP contribution in [0.2, 0.25) is 0 Å². The normalized spacial score (nSPS) is 13.3. The van der Waals surface area contributed by atoms with Gasteiger partial charge in [0.15, 0.2) is 0 Å². The number of halogens is 1. The zero-order chi connectivity index (χ0) is 24.1. The average molecular weight is 484 g/mol. The van der Waals surface area contributed by atoms with E-state index in [9.17, 15) is 24.5 Å². The predicted octanol–water partition coefficient (Wildman–Crippen LogP) is 2.91. The van der Waals surface area contributed by atoms with Crippen LogP contribution in [0, 0.1) is 5.82 Å². The molecule has 2 atom stereocenters. The lowest BCUT2D eigenvalue weighted by atomic mass is 10.1. The SMILES string of the molecule is O=c1[nH]c2c(O)ccc(C(O)C(O)NCCc3cccc(CNCc4ccccc4F)c3)c2s1. The van der Waals surface area contributed by atoms with Gasteiger partial charge in [0, 0.05) is 30.8 Å². The third-order valence-electron chi connectivity index (χ3n) is 5.57. The molecule has 0 saturated heterocycles. The fourth-order valence-corrected chi connectivity index (χ4v) is 4.70. The van der Waals surface area contributed by atoms with Gasteiger partial charge in [-0.1, -0.05) is 59.9 Å². The van der Waals surface area contributed by atoms with Crippen molar-refractivity contribution in [1.29, 1.82) is 0 Å². The van der Waals surface area contributed by atoms with Crippen molar-refractivity contribution in [3.05, 3.63) is 98.4 Å². The van der Waals surface area contributed by atoms with E-state index in [1.165, 1.54) is 18.2 Å². The molecular formula is C25H26FN3O4S. The number of H-pyrrole nitrogens is 1. The van der Waals surface area contributed by atoms with Gasteiger partial charge in [-0.2, -0.15) is 0 Å². The maximum atomic E-state index is 13.7. The summed E-state index contributed by atoms with van der Waals surface area (Å²) in [6, 6.07) is 17.5. The van der Waals surface area contributed by atoms with Gasteiger partial charge in [0.25, 0.3) is 0 Å². The molecule has 3 aromatic carbocycles. The summed E-state index contributed by atoms with van der Waals surface area (Å²) in [5, 5.41) is 37.1. The second-order valence-electron chi connectivity index (χ2n) is 8.00. The molecule has 0 saturated carbocycles. The Morgan fingerprint density at radius 2 is 1.79 bits per heavy atom. The number of hydrogen-bond donors (Lipinski definition) is 6. The van der Waals surface area contributed by atoms with Crippen molar-refractivity contribution in [3.8, 4) is 5.75 Å². The summed E-state index contributed by atoms with van der Waals surface area (Å²) in [7, 11) is 0. The summed E-state index contributed by atoms with van der Waals surface area (Å²) in [4.78, 5) is 13.8. The summed E-state index contributed by atoms with van der Waals surface area (Å²) >= 11 is 0.870. The molecule has 34 heavy (non-hydrogen) atoms. The van der Waals surface area contributed by atoms with Crippen LogP contribution < -0.4 is 15.5 Å². The molecule has 6 N–H and O–H groups in total. The molecule has 0 spiro atoms. The first-order valence-corrected chi connectivity index (χ1v) is 11.7. The van der Waals surface area contributed by atoms with Crippen LogP contribution in [0.25, 0.3) is 10.2 Å². The largest absolute Gasteiger partial charge is 0.506 e. The number of phenols is 1. The minimum Gasteiger partial charge on any atom is -0.506 e. The zero-order valence-corrected chi connectivity index (χ0v) is 19.1. The predicted molar refractivity (Wildman–Crippen MR) is 130 cm³/mol. The Kier molecular flexibility index (Phi) is 7.71. The molecule has 4 rings (SSSR count). The van der Waals surface area contributed by atoms with Gasteiger partial charge in [-0.3, -0.25) is 10.1 Å². The minimum atomic E-state index is -1.27. The van der Waals surface area contributed by atoms with E-state index in [2.05, 4.69) is 15.6 Å². The van der Waals surface area contributed by atoms with E-state index in [0.29, 0.717) is 41.9 Å². The minimum absolute atomic E-state index is 0.0879. The molecule has 9 heteroatoms. The van der Waals surface area contributed by atoms with Crippen molar-refractivity contribution in [3.63, 3.8) is 0 Å². The molecular weight excluding hydrogens is 457 g/mol. The fourth-order valence-electron chi connectivity index (χ4n) is 3.80. The van der Waals surface area contributed by atoms with Crippen LogP contribution in [-0.4, -0.2) is 33.1 Å². The number of aromatic amines is 1. The Hall–Kier alpha value is -3.08. The molecule has 0 radical (unpaired) electrons. The van der Waals surface area contributed by atoms with Crippen LogP contribution in [0.5, 0.6) is 5.75 Å². The molecule has 1 aromatic heterocycles. The number of phenolic OH excluding ortho intramolecular Hbond substituents is 1. The van der Waals surface area contributed by atoms with Crippen LogP contribution in [0.1, 0.15) is 28.4 Å².